The summed E-state index contributed by atoms with van der Waals surface area (Å²) in [6, 6.07) is 58.2. The van der Waals surface area contributed by atoms with Crippen LogP contribution in [0.5, 0.6) is 0 Å². The summed E-state index contributed by atoms with van der Waals surface area (Å²) in [5, 5.41) is 2.47. The van der Waals surface area contributed by atoms with Gasteiger partial charge >= 0.3 is 0 Å². The Morgan fingerprint density at radius 1 is 0.404 bits per heavy atom. The van der Waals surface area contributed by atoms with Gasteiger partial charge in [-0.25, -0.2) is 15.0 Å². The van der Waals surface area contributed by atoms with Crippen LogP contribution in [0.2, 0.25) is 0 Å². The zero-order valence-corrected chi connectivity index (χ0v) is 29.7. The van der Waals surface area contributed by atoms with Crippen molar-refractivity contribution in [3.8, 4) is 67.5 Å². The lowest BCUT2D eigenvalue weighted by molar-refractivity contribution is 0.662. The second-order valence-corrected chi connectivity index (χ2v) is 15.0. The number of thiophene rings is 1. The van der Waals surface area contributed by atoms with Gasteiger partial charge in [-0.15, -0.1) is 11.3 Å². The van der Waals surface area contributed by atoms with Gasteiger partial charge in [-0.1, -0.05) is 159 Å². The fourth-order valence-electron chi connectivity index (χ4n) is 8.13. The molecule has 246 valence electrons. The summed E-state index contributed by atoms with van der Waals surface area (Å²) in [6.07, 6.45) is 0. The highest BCUT2D eigenvalue weighted by molar-refractivity contribution is 7.26. The van der Waals surface area contributed by atoms with Crippen molar-refractivity contribution >= 4 is 31.5 Å². The minimum absolute atomic E-state index is 0.129. The van der Waals surface area contributed by atoms with E-state index < -0.39 is 0 Å². The number of rotatable bonds is 5. The molecular formula is C48H33N3S. The fraction of sp³-hybridized carbons (Fsp3) is 0.0625. The van der Waals surface area contributed by atoms with Gasteiger partial charge in [0, 0.05) is 42.3 Å². The first kappa shape index (κ1) is 30.6. The second-order valence-electron chi connectivity index (χ2n) is 14.0. The molecule has 0 radical (unpaired) electrons. The van der Waals surface area contributed by atoms with E-state index >= 15 is 0 Å². The largest absolute Gasteiger partial charge is 0.208 e. The summed E-state index contributed by atoms with van der Waals surface area (Å²) in [5.41, 5.74) is 12.8. The van der Waals surface area contributed by atoms with E-state index in [2.05, 4.69) is 172 Å². The zero-order valence-electron chi connectivity index (χ0n) is 28.8. The minimum Gasteiger partial charge on any atom is -0.208 e. The molecule has 0 saturated heterocycles. The molecule has 4 heteroatoms. The number of benzene rings is 7. The maximum absolute atomic E-state index is 5.27. The molecule has 0 atom stereocenters. The minimum atomic E-state index is -0.129. The molecule has 0 amide bonds. The SMILES string of the molecule is CC1(C)c2ccccc2-c2cccc(-c3cccc(-c4nc(-c5ccccc5-c5ccccc5)nc(-c5cccc6c5sc5ccccc56)n4)c3)c21. The molecule has 0 fully saturated rings. The summed E-state index contributed by atoms with van der Waals surface area (Å²) in [4.78, 5) is 15.8. The number of hydrogen-bond donors (Lipinski definition) is 0. The normalized spacial score (nSPS) is 13.0. The van der Waals surface area contributed by atoms with Gasteiger partial charge in [0.25, 0.3) is 0 Å². The van der Waals surface area contributed by atoms with Gasteiger partial charge in [0.05, 0.1) is 0 Å². The molecule has 9 aromatic rings. The van der Waals surface area contributed by atoms with Crippen molar-refractivity contribution < 1.29 is 0 Å². The molecule has 3 nitrogen and oxygen atoms in total. The summed E-state index contributed by atoms with van der Waals surface area (Å²) in [7, 11) is 0. The second kappa shape index (κ2) is 11.9. The maximum Gasteiger partial charge on any atom is 0.165 e. The molecule has 0 unspecified atom stereocenters. The highest BCUT2D eigenvalue weighted by Gasteiger charge is 2.37. The van der Waals surface area contributed by atoms with Crippen molar-refractivity contribution in [3.05, 3.63) is 175 Å². The van der Waals surface area contributed by atoms with Gasteiger partial charge in [-0.05, 0) is 62.7 Å². The zero-order chi connectivity index (χ0) is 34.8. The lowest BCUT2D eigenvalue weighted by Crippen LogP contribution is -2.16. The Hall–Kier alpha value is -6.23. The van der Waals surface area contributed by atoms with Crippen LogP contribution in [0.1, 0.15) is 25.0 Å². The standard InChI is InChI=1S/C48H33N3S/c1-48(2)41-27-10-8-20-35(41)37-24-13-23-34(43(37)48)31-17-12-18-32(29-31)45-49-46(39-22-7-6-19-33(39)30-15-4-3-5-16-30)51-47(50-45)40-26-14-25-38-36-21-9-11-28-42(36)52-44(38)40/h3-29H,1-2H3. The average Bonchev–Trinajstić information content (AvgIpc) is 3.70. The number of fused-ring (bicyclic) bond motifs is 6. The molecule has 52 heavy (non-hydrogen) atoms. The van der Waals surface area contributed by atoms with Crippen molar-refractivity contribution in [2.45, 2.75) is 19.3 Å². The monoisotopic (exact) mass is 683 g/mol. The van der Waals surface area contributed by atoms with Crippen molar-refractivity contribution in [2.75, 3.05) is 0 Å². The molecule has 2 heterocycles. The fourth-order valence-corrected chi connectivity index (χ4v) is 9.34. The van der Waals surface area contributed by atoms with Crippen LogP contribution in [-0.2, 0) is 5.41 Å². The number of nitrogens with zero attached hydrogens (tertiary/aromatic N) is 3. The molecule has 10 rings (SSSR count). The van der Waals surface area contributed by atoms with E-state index in [0.29, 0.717) is 17.5 Å². The van der Waals surface area contributed by atoms with E-state index in [4.69, 9.17) is 15.0 Å². The Labute approximate surface area is 307 Å². The first-order chi connectivity index (χ1) is 25.5. The Morgan fingerprint density at radius 2 is 0.962 bits per heavy atom. The van der Waals surface area contributed by atoms with Crippen LogP contribution in [0, 0.1) is 0 Å². The first-order valence-electron chi connectivity index (χ1n) is 17.7. The van der Waals surface area contributed by atoms with Crippen LogP contribution in [-0.4, -0.2) is 15.0 Å². The van der Waals surface area contributed by atoms with E-state index in [1.54, 1.807) is 11.3 Å². The van der Waals surface area contributed by atoms with Gasteiger partial charge < -0.3 is 0 Å². The Balaban J connectivity index is 1.19. The smallest absolute Gasteiger partial charge is 0.165 e. The van der Waals surface area contributed by atoms with Crippen molar-refractivity contribution in [1.82, 2.24) is 15.0 Å². The average molecular weight is 684 g/mol. The highest BCUT2D eigenvalue weighted by atomic mass is 32.1. The summed E-state index contributed by atoms with van der Waals surface area (Å²) >= 11 is 1.79. The van der Waals surface area contributed by atoms with Crippen LogP contribution in [0.4, 0.5) is 0 Å². The van der Waals surface area contributed by atoms with E-state index in [9.17, 15) is 0 Å². The van der Waals surface area contributed by atoms with Gasteiger partial charge in [0.15, 0.2) is 17.5 Å². The molecule has 1 aliphatic rings. The third kappa shape index (κ3) is 4.83. The third-order valence-corrected chi connectivity index (χ3v) is 11.8. The molecule has 0 saturated carbocycles. The van der Waals surface area contributed by atoms with Gasteiger partial charge in [-0.2, -0.15) is 0 Å². The van der Waals surface area contributed by atoms with E-state index in [0.717, 1.165) is 33.4 Å². The van der Waals surface area contributed by atoms with Gasteiger partial charge in [-0.3, -0.25) is 0 Å². The summed E-state index contributed by atoms with van der Waals surface area (Å²) in [5.74, 6) is 1.97. The van der Waals surface area contributed by atoms with Gasteiger partial charge in [0.2, 0.25) is 0 Å². The molecular weight excluding hydrogens is 651 g/mol. The molecule has 0 N–H and O–H groups in total. The molecule has 7 aromatic carbocycles. The molecule has 0 bridgehead atoms. The highest BCUT2D eigenvalue weighted by Crippen LogP contribution is 2.52. The number of aromatic nitrogens is 3. The quantitative estimate of drug-likeness (QED) is 0.181. The Kier molecular flexibility index (Phi) is 7.02. The maximum atomic E-state index is 5.27. The topological polar surface area (TPSA) is 38.7 Å². The van der Waals surface area contributed by atoms with E-state index in [1.807, 2.05) is 6.07 Å². The molecule has 0 spiro atoms. The summed E-state index contributed by atoms with van der Waals surface area (Å²) in [6.45, 7) is 4.68. The lowest BCUT2D eigenvalue weighted by Gasteiger charge is -2.24. The van der Waals surface area contributed by atoms with E-state index in [-0.39, 0.29) is 5.41 Å². The van der Waals surface area contributed by atoms with Crippen molar-refractivity contribution in [2.24, 2.45) is 0 Å². The van der Waals surface area contributed by atoms with Crippen LogP contribution in [0.15, 0.2) is 164 Å². The van der Waals surface area contributed by atoms with E-state index in [1.165, 1.54) is 48.0 Å². The van der Waals surface area contributed by atoms with Crippen LogP contribution in [0.3, 0.4) is 0 Å². The number of hydrogen-bond acceptors (Lipinski definition) is 4. The van der Waals surface area contributed by atoms with Crippen LogP contribution in [0.25, 0.3) is 87.7 Å². The van der Waals surface area contributed by atoms with Crippen molar-refractivity contribution in [1.29, 1.82) is 0 Å². The molecule has 1 aliphatic carbocycles. The van der Waals surface area contributed by atoms with Gasteiger partial charge in [0.1, 0.15) is 0 Å². The molecule has 2 aromatic heterocycles. The third-order valence-electron chi connectivity index (χ3n) is 10.5. The predicted molar refractivity (Wildman–Crippen MR) is 217 cm³/mol. The predicted octanol–water partition coefficient (Wildman–Crippen LogP) is 12.9. The first-order valence-corrected chi connectivity index (χ1v) is 18.5. The van der Waals surface area contributed by atoms with Crippen molar-refractivity contribution in [3.63, 3.8) is 0 Å². The van der Waals surface area contributed by atoms with Crippen LogP contribution >= 0.6 is 11.3 Å². The Bertz CT molecular complexity index is 2830. The lowest BCUT2D eigenvalue weighted by atomic mass is 9.79. The Morgan fingerprint density at radius 3 is 1.83 bits per heavy atom. The molecule has 0 aliphatic heterocycles. The van der Waals surface area contributed by atoms with Crippen LogP contribution < -0.4 is 0 Å². The summed E-state index contributed by atoms with van der Waals surface area (Å²) < 4.78 is 2.43.